The summed E-state index contributed by atoms with van der Waals surface area (Å²) < 4.78 is 104. The molecule has 0 aromatic heterocycles. The monoisotopic (exact) mass is 2190 g/mol. The third-order valence-electron chi connectivity index (χ3n) is 22.9. The Hall–Kier alpha value is -6.98. The summed E-state index contributed by atoms with van der Waals surface area (Å²) in [6, 6.07) is 53.4. The fraction of sp³-hybridized carbons (Fsp3) is 0.435. The van der Waals surface area contributed by atoms with Crippen molar-refractivity contribution in [3.05, 3.63) is 228 Å². The summed E-state index contributed by atoms with van der Waals surface area (Å²) in [5, 5.41) is 0.635. The van der Waals surface area contributed by atoms with E-state index in [9.17, 15) is 28.0 Å². The lowest BCUT2D eigenvalue weighted by Gasteiger charge is -2.35. The van der Waals surface area contributed by atoms with Crippen molar-refractivity contribution in [1.82, 2.24) is 19.6 Å². The van der Waals surface area contributed by atoms with Crippen molar-refractivity contribution >= 4 is 158 Å². The van der Waals surface area contributed by atoms with Crippen LogP contribution < -0.4 is 38.5 Å². The number of carbonyl (C=O) groups is 4. The molecule has 124 heavy (non-hydrogen) atoms. The Morgan fingerprint density at radius 3 is 0.952 bits per heavy atom. The van der Waals surface area contributed by atoms with E-state index < -0.39 is 34.8 Å². The van der Waals surface area contributed by atoms with Crippen molar-refractivity contribution in [3.8, 4) is 23.0 Å². The number of hydrogen-bond acceptors (Lipinski definition) is 20. The molecule has 8 aliphatic rings. The zero-order valence-corrected chi connectivity index (χ0v) is 81.0. The number of ether oxygens (including phenoxy) is 12. The van der Waals surface area contributed by atoms with Crippen LogP contribution in [0.25, 0.3) is 0 Å². The molecule has 0 spiro atoms. The van der Waals surface area contributed by atoms with E-state index in [4.69, 9.17) is 68.4 Å². The van der Waals surface area contributed by atoms with Gasteiger partial charge in [0.25, 0.3) is 0 Å². The van der Waals surface area contributed by atoms with Crippen molar-refractivity contribution in [2.45, 2.75) is 103 Å². The van der Waals surface area contributed by atoms with E-state index in [1.165, 1.54) is 15.7 Å². The molecule has 8 unspecified atom stereocenters. The molecule has 4 amide bonds. The second kappa shape index (κ2) is 43.0. The smallest absolute Gasteiger partial charge is 0.219 e. The minimum Gasteiger partial charge on any atom is -0.491 e. The van der Waals surface area contributed by atoms with Crippen LogP contribution in [-0.2, 0) is 80.2 Å². The van der Waals surface area contributed by atoms with E-state index in [0.29, 0.717) is 50.4 Å². The van der Waals surface area contributed by atoms with Gasteiger partial charge in [-0.1, -0.05) is 61.7 Å². The molecule has 8 aromatic rings. The van der Waals surface area contributed by atoms with Crippen LogP contribution in [0, 0.1) is 22.3 Å². The van der Waals surface area contributed by atoms with Gasteiger partial charge in [0.05, 0.1) is 31.5 Å². The van der Waals surface area contributed by atoms with Crippen molar-refractivity contribution in [2.75, 3.05) is 177 Å². The van der Waals surface area contributed by atoms with Gasteiger partial charge in [-0.05, 0) is 241 Å². The molecule has 8 aliphatic heterocycles. The summed E-state index contributed by atoms with van der Waals surface area (Å²) in [4.78, 5) is 62.5. The van der Waals surface area contributed by atoms with Crippen molar-refractivity contribution in [3.63, 3.8) is 0 Å². The number of piperazine rings is 4. The lowest BCUT2D eigenvalue weighted by molar-refractivity contribution is -0.166. The zero-order valence-electron chi connectivity index (χ0n) is 70.6. The largest absolute Gasteiger partial charge is 0.491 e. The molecule has 16 rings (SSSR count). The number of hydrogen-bond donors (Lipinski definition) is 0. The summed E-state index contributed by atoms with van der Waals surface area (Å²) in [6.07, 6.45) is -0.840. The first kappa shape index (κ1) is 94.6. The number of benzene rings is 8. The summed E-state index contributed by atoms with van der Waals surface area (Å²) in [7, 11) is 0. The van der Waals surface area contributed by atoms with Gasteiger partial charge in [0.2, 0.25) is 23.6 Å². The maximum Gasteiger partial charge on any atom is 0.219 e. The summed E-state index contributed by atoms with van der Waals surface area (Å²) in [5.74, 6) is -1.43. The fourth-order valence-corrected chi connectivity index (χ4v) is 20.3. The molecule has 0 aliphatic carbocycles. The lowest BCUT2D eigenvalue weighted by atomic mass is 10.1. The van der Waals surface area contributed by atoms with Crippen LogP contribution in [-0.4, -0.2) is 225 Å². The van der Waals surface area contributed by atoms with Gasteiger partial charge in [-0.25, -0.2) is 8.78 Å². The van der Waals surface area contributed by atoms with Gasteiger partial charge in [0.15, 0.2) is 23.1 Å². The van der Waals surface area contributed by atoms with Crippen LogP contribution in [0.1, 0.15) is 77.6 Å². The summed E-state index contributed by atoms with van der Waals surface area (Å²) in [5.41, 5.74) is 7.49. The van der Waals surface area contributed by atoms with E-state index >= 15 is 0 Å². The van der Waals surface area contributed by atoms with E-state index in [0.717, 1.165) is 184 Å². The van der Waals surface area contributed by atoms with Crippen LogP contribution >= 0.6 is 111 Å². The molecular formula is C92H104Br2ClF2I3N8O16. The average Bonchev–Trinajstić information content (AvgIpc) is 1.60. The van der Waals surface area contributed by atoms with Crippen LogP contribution in [0.5, 0.6) is 23.0 Å². The Bertz CT molecular complexity index is 4350. The molecule has 0 bridgehead atoms. The number of anilines is 4. The molecule has 0 N–H and O–H groups in total. The molecule has 0 saturated carbocycles. The van der Waals surface area contributed by atoms with Gasteiger partial charge in [-0.2, -0.15) is 0 Å². The lowest BCUT2D eigenvalue weighted by Crippen LogP contribution is -2.48. The Kier molecular flexibility index (Phi) is 32.8. The quantitative estimate of drug-likeness (QED) is 0.0651. The zero-order chi connectivity index (χ0) is 88.0. The number of rotatable bonds is 20. The van der Waals surface area contributed by atoms with Crippen LogP contribution in [0.15, 0.2) is 179 Å². The third kappa shape index (κ3) is 24.9. The maximum absolute atomic E-state index is 14.1. The summed E-state index contributed by atoms with van der Waals surface area (Å²) in [6.45, 7) is 29.7. The van der Waals surface area contributed by atoms with Gasteiger partial charge in [-0.15, -0.1) is 0 Å². The minimum atomic E-state index is -1.28. The van der Waals surface area contributed by atoms with Gasteiger partial charge in [0.1, 0.15) is 85.5 Å². The molecular weight excluding hydrogens is 2090 g/mol. The van der Waals surface area contributed by atoms with Crippen molar-refractivity contribution in [1.29, 1.82) is 0 Å². The van der Waals surface area contributed by atoms with Gasteiger partial charge >= 0.3 is 0 Å². The normalized spacial score (nSPS) is 23.8. The van der Waals surface area contributed by atoms with Crippen molar-refractivity contribution < 1.29 is 84.8 Å². The molecule has 664 valence electrons. The van der Waals surface area contributed by atoms with Crippen molar-refractivity contribution in [2.24, 2.45) is 0 Å². The highest BCUT2D eigenvalue weighted by atomic mass is 127. The van der Waals surface area contributed by atoms with Crippen LogP contribution in [0.3, 0.4) is 0 Å². The standard InChI is InChI=1S/C23H26Br2N2O4.C23H26ClIN2O4.C23H26F2N2O4.C23H26I2N2O4/c1-16(28)26-9-11-27(12-10-26)18-4-6-19(7-5-18)29-14-20-15-30-23(2,31-20)21-8-3-17(24)13-22(21)25;1-16(28)26-9-11-27(12-10-26)18-4-6-19(7-5-18)29-14-20-15-30-23(2,31-20)21-8-3-17(25)13-22(21)24;2*1-16(28)26-9-11-27(12-10-26)18-4-6-19(7-5-18)29-14-20-15-30-23(2,31-20)21-8-3-17(24)13-22(21)25/h4*3-8,13,20H,9-12,14-15H2,1-2H3. The highest BCUT2D eigenvalue weighted by molar-refractivity contribution is 14.1. The molecule has 8 heterocycles. The second-order valence-electron chi connectivity index (χ2n) is 31.7. The van der Waals surface area contributed by atoms with Crippen LogP contribution in [0.4, 0.5) is 31.5 Å². The Labute approximate surface area is 786 Å². The van der Waals surface area contributed by atoms with E-state index in [-0.39, 0.29) is 66.8 Å². The predicted octanol–water partition coefficient (Wildman–Crippen LogP) is 16.4. The second-order valence-corrected chi connectivity index (χ2v) is 37.5. The molecule has 0 radical (unpaired) electrons. The first-order valence-electron chi connectivity index (χ1n) is 41.4. The average molecular weight is 2190 g/mol. The van der Waals surface area contributed by atoms with Gasteiger partial charge in [-0.3, -0.25) is 19.2 Å². The number of halogens is 8. The first-order valence-corrected chi connectivity index (χ1v) is 46.6. The third-order valence-corrected chi connectivity index (χ3v) is 26.6. The minimum absolute atomic E-state index is 0.111. The number of nitrogens with zero attached hydrogens (tertiary/aromatic N) is 8. The highest BCUT2D eigenvalue weighted by Crippen LogP contribution is 2.43. The molecule has 8 saturated heterocycles. The van der Waals surface area contributed by atoms with E-state index in [1.807, 2.05) is 137 Å². The van der Waals surface area contributed by atoms with Gasteiger partial charge in [0, 0.05) is 203 Å². The van der Waals surface area contributed by atoms with E-state index in [2.05, 4.69) is 174 Å². The number of amides is 4. The fourth-order valence-electron chi connectivity index (χ4n) is 15.8. The summed E-state index contributed by atoms with van der Waals surface area (Å²) >= 11 is 20.3. The number of carbonyl (C=O) groups excluding carboxylic acids is 4. The van der Waals surface area contributed by atoms with Crippen LogP contribution in [0.2, 0.25) is 5.02 Å². The Balaban J connectivity index is 0.000000142. The SMILES string of the molecule is CC(=O)N1CCN(c2ccc(OCC3COC(C)(c4ccc(Br)cc4Br)O3)cc2)CC1.CC(=O)N1CCN(c2ccc(OCC3COC(C)(c4ccc(F)cc4F)O3)cc2)CC1.CC(=O)N1CCN(c2ccc(OCC3COC(C)(c4ccc(I)cc4Cl)O3)cc2)CC1.CC(=O)N1CCN(c2ccc(OCC3COC(C)(c4ccc(I)cc4I)O3)cc2)CC1. The molecule has 8 aromatic carbocycles. The molecule has 32 heteroatoms. The highest BCUT2D eigenvalue weighted by Gasteiger charge is 2.45. The maximum atomic E-state index is 14.1. The molecule has 8 atom stereocenters. The Morgan fingerprint density at radius 2 is 0.653 bits per heavy atom. The molecule has 8 fully saturated rings. The predicted molar refractivity (Wildman–Crippen MR) is 503 cm³/mol. The van der Waals surface area contributed by atoms with Gasteiger partial charge < -0.3 is 96.0 Å². The topological polar surface area (TPSA) is 205 Å². The first-order chi connectivity index (χ1) is 59.3. The van der Waals surface area contributed by atoms with E-state index in [1.54, 1.807) is 34.6 Å². The molecule has 24 nitrogen and oxygen atoms in total. The Morgan fingerprint density at radius 1 is 0.371 bits per heavy atom.